The maximum absolute atomic E-state index is 12.9. The van der Waals surface area contributed by atoms with Crippen molar-refractivity contribution in [3.8, 4) is 5.75 Å². The topological polar surface area (TPSA) is 74.3 Å². The molecule has 0 N–H and O–H groups in total. The van der Waals surface area contributed by atoms with E-state index in [0.29, 0.717) is 25.1 Å². The van der Waals surface area contributed by atoms with Crippen LogP contribution < -0.4 is 4.74 Å². The zero-order valence-electron chi connectivity index (χ0n) is 21.2. The Kier molecular flexibility index (Phi) is 9.83. The van der Waals surface area contributed by atoms with Gasteiger partial charge in [-0.2, -0.15) is 0 Å². The predicted octanol–water partition coefficient (Wildman–Crippen LogP) is 5.49. The van der Waals surface area contributed by atoms with Crippen LogP contribution in [0.3, 0.4) is 0 Å². The molecule has 2 aliphatic heterocycles. The fourth-order valence-electron chi connectivity index (χ4n) is 4.66. The average Bonchev–Trinajstić information content (AvgIpc) is 3.19. The number of thioether (sulfide) groups is 1. The van der Waals surface area contributed by atoms with Gasteiger partial charge in [0.1, 0.15) is 11.9 Å². The molecule has 1 amide bonds. The molecule has 0 bridgehead atoms. The first-order chi connectivity index (χ1) is 16.8. The molecule has 1 aromatic rings. The first-order valence-electron chi connectivity index (χ1n) is 12.1. The van der Waals surface area contributed by atoms with Crippen LogP contribution in [0.25, 0.3) is 0 Å². The van der Waals surface area contributed by atoms with Crippen LogP contribution in [0.5, 0.6) is 5.75 Å². The molecule has 2 aliphatic rings. The van der Waals surface area contributed by atoms with Crippen LogP contribution in [0.4, 0.5) is 4.79 Å². The van der Waals surface area contributed by atoms with Crippen molar-refractivity contribution in [1.29, 1.82) is 0 Å². The minimum atomic E-state index is -1.07. The number of allylic oxidation sites excluding steroid dienone is 2. The molecule has 0 saturated carbocycles. The van der Waals surface area contributed by atoms with Gasteiger partial charge in [-0.05, 0) is 50.8 Å². The van der Waals surface area contributed by atoms with E-state index in [-0.39, 0.29) is 29.5 Å². The zero-order valence-corrected chi connectivity index (χ0v) is 22.0. The lowest BCUT2D eigenvalue weighted by atomic mass is 9.90. The van der Waals surface area contributed by atoms with Gasteiger partial charge in [0, 0.05) is 38.3 Å². The van der Waals surface area contributed by atoms with E-state index < -0.39 is 5.79 Å². The van der Waals surface area contributed by atoms with Gasteiger partial charge in [0.05, 0.1) is 19.3 Å². The van der Waals surface area contributed by atoms with Crippen molar-refractivity contribution in [1.82, 2.24) is 4.90 Å². The van der Waals surface area contributed by atoms with E-state index in [1.165, 1.54) is 17.8 Å². The quantitative estimate of drug-likeness (QED) is 0.171. The third-order valence-electron chi connectivity index (χ3n) is 6.37. The van der Waals surface area contributed by atoms with Gasteiger partial charge in [-0.15, -0.1) is 6.58 Å². The standard InChI is InChI=1S/C27H37NO6S/c1-6-7-8-9-22-15-23(33-25(29)14-19(2)3)16-27(32-5,34-22)24-18-35-26(30)28(24)17-20-10-12-21(31-4)13-11-20/h6,10-14,22-24H,1,7-9,15-18H2,2-5H3/t22-,23-,24+,27-/m1/s1. The highest BCUT2D eigenvalue weighted by atomic mass is 32.2. The Morgan fingerprint density at radius 2 is 2.03 bits per heavy atom. The Bertz CT molecular complexity index is 913. The lowest BCUT2D eigenvalue weighted by Crippen LogP contribution is -2.60. The second-order valence-corrected chi connectivity index (χ2v) is 10.2. The molecule has 1 aromatic carbocycles. The molecule has 3 rings (SSSR count). The number of esters is 1. The molecule has 0 aromatic heterocycles. The summed E-state index contributed by atoms with van der Waals surface area (Å²) in [7, 11) is 3.24. The van der Waals surface area contributed by atoms with Crippen molar-refractivity contribution in [3.05, 3.63) is 54.1 Å². The van der Waals surface area contributed by atoms with Crippen molar-refractivity contribution in [3.63, 3.8) is 0 Å². The number of carbonyl (C=O) groups is 2. The van der Waals surface area contributed by atoms with Crippen molar-refractivity contribution < 1.29 is 28.5 Å². The predicted molar refractivity (Wildman–Crippen MR) is 137 cm³/mol. The Hall–Kier alpha value is -2.29. The van der Waals surface area contributed by atoms with Crippen molar-refractivity contribution >= 4 is 23.0 Å². The molecule has 2 fully saturated rings. The molecule has 0 spiro atoms. The molecule has 35 heavy (non-hydrogen) atoms. The molecule has 0 aliphatic carbocycles. The summed E-state index contributed by atoms with van der Waals surface area (Å²) in [6.45, 7) is 7.96. The Morgan fingerprint density at radius 1 is 1.29 bits per heavy atom. The van der Waals surface area contributed by atoms with Crippen LogP contribution in [-0.4, -0.2) is 60.1 Å². The molecule has 192 valence electrons. The highest BCUT2D eigenvalue weighted by molar-refractivity contribution is 8.13. The third-order valence-corrected chi connectivity index (χ3v) is 7.33. The molecular weight excluding hydrogens is 466 g/mol. The summed E-state index contributed by atoms with van der Waals surface area (Å²) in [6, 6.07) is 7.36. The molecule has 2 saturated heterocycles. The van der Waals surface area contributed by atoms with Crippen LogP contribution in [0.15, 0.2) is 48.6 Å². The van der Waals surface area contributed by atoms with E-state index in [4.69, 9.17) is 18.9 Å². The summed E-state index contributed by atoms with van der Waals surface area (Å²) in [5.74, 6) is -0.131. The number of hydrogen-bond acceptors (Lipinski definition) is 7. The molecular formula is C27H37NO6S. The SMILES string of the molecule is C=CCCC[C@@H]1C[C@@H](OC(=O)C=C(C)C)C[C@](OC)([C@@H]2CSC(=O)N2Cc2ccc(OC)cc2)O1. The summed E-state index contributed by atoms with van der Waals surface area (Å²) < 4.78 is 23.8. The van der Waals surface area contributed by atoms with Crippen LogP contribution in [0, 0.1) is 0 Å². The monoisotopic (exact) mass is 503 g/mol. The number of rotatable bonds is 11. The number of carbonyl (C=O) groups excluding carboxylic acids is 2. The number of ether oxygens (including phenoxy) is 4. The van der Waals surface area contributed by atoms with E-state index in [0.717, 1.165) is 36.1 Å². The number of benzene rings is 1. The molecule has 0 radical (unpaired) electrons. The van der Waals surface area contributed by atoms with E-state index in [1.54, 1.807) is 14.2 Å². The highest BCUT2D eigenvalue weighted by Gasteiger charge is 2.54. The minimum absolute atomic E-state index is 0.0160. The second-order valence-electron chi connectivity index (χ2n) is 9.26. The molecule has 2 heterocycles. The molecule has 8 heteroatoms. The van der Waals surface area contributed by atoms with Crippen LogP contribution in [-0.2, 0) is 25.5 Å². The van der Waals surface area contributed by atoms with E-state index in [1.807, 2.05) is 49.1 Å². The van der Waals surface area contributed by atoms with E-state index >= 15 is 0 Å². The van der Waals surface area contributed by atoms with Gasteiger partial charge in [0.25, 0.3) is 5.24 Å². The number of methoxy groups -OCH3 is 2. The van der Waals surface area contributed by atoms with Crippen LogP contribution in [0.2, 0.25) is 0 Å². The largest absolute Gasteiger partial charge is 0.497 e. The maximum Gasteiger partial charge on any atom is 0.330 e. The Morgan fingerprint density at radius 3 is 2.66 bits per heavy atom. The van der Waals surface area contributed by atoms with Gasteiger partial charge in [-0.25, -0.2) is 4.79 Å². The van der Waals surface area contributed by atoms with Gasteiger partial charge in [0.2, 0.25) is 0 Å². The number of unbranched alkanes of at least 4 members (excludes halogenated alkanes) is 1. The first kappa shape index (κ1) is 27.3. The van der Waals surface area contributed by atoms with Gasteiger partial charge in [-0.3, -0.25) is 4.79 Å². The average molecular weight is 504 g/mol. The van der Waals surface area contributed by atoms with Gasteiger partial charge in [0.15, 0.2) is 5.79 Å². The van der Waals surface area contributed by atoms with Gasteiger partial charge >= 0.3 is 5.97 Å². The second kappa shape index (κ2) is 12.6. The highest BCUT2D eigenvalue weighted by Crippen LogP contribution is 2.42. The fourth-order valence-corrected chi connectivity index (χ4v) is 5.75. The molecule has 4 atom stereocenters. The molecule has 7 nitrogen and oxygen atoms in total. The zero-order chi connectivity index (χ0) is 25.4. The summed E-state index contributed by atoms with van der Waals surface area (Å²) in [5, 5.41) is -0.0160. The normalized spacial score (nSPS) is 26.3. The summed E-state index contributed by atoms with van der Waals surface area (Å²) in [6.07, 6.45) is 6.41. The smallest absolute Gasteiger partial charge is 0.330 e. The van der Waals surface area contributed by atoms with Crippen molar-refractivity contribution in [2.45, 2.75) is 76.5 Å². The Balaban J connectivity index is 1.85. The van der Waals surface area contributed by atoms with Gasteiger partial charge < -0.3 is 23.8 Å². The van der Waals surface area contributed by atoms with Crippen molar-refractivity contribution in [2.75, 3.05) is 20.0 Å². The number of hydrogen-bond donors (Lipinski definition) is 0. The van der Waals surface area contributed by atoms with E-state index in [9.17, 15) is 9.59 Å². The minimum Gasteiger partial charge on any atom is -0.497 e. The lowest BCUT2D eigenvalue weighted by Gasteiger charge is -2.48. The first-order valence-corrected chi connectivity index (χ1v) is 13.0. The number of amides is 1. The summed E-state index contributed by atoms with van der Waals surface area (Å²) >= 11 is 1.27. The Labute approximate surface area is 212 Å². The fraction of sp³-hybridized carbons (Fsp3) is 0.556. The van der Waals surface area contributed by atoms with Crippen LogP contribution >= 0.6 is 11.8 Å². The van der Waals surface area contributed by atoms with Gasteiger partial charge in [-0.1, -0.05) is 35.5 Å². The van der Waals surface area contributed by atoms with Crippen LogP contribution in [0.1, 0.15) is 51.5 Å². The summed E-state index contributed by atoms with van der Waals surface area (Å²) in [4.78, 5) is 27.2. The maximum atomic E-state index is 12.9. The van der Waals surface area contributed by atoms with E-state index in [2.05, 4.69) is 6.58 Å². The molecule has 0 unspecified atom stereocenters. The number of nitrogens with zero attached hydrogens (tertiary/aromatic N) is 1. The summed E-state index contributed by atoms with van der Waals surface area (Å²) in [5.41, 5.74) is 1.87. The van der Waals surface area contributed by atoms with Crippen molar-refractivity contribution in [2.24, 2.45) is 0 Å². The lowest BCUT2D eigenvalue weighted by molar-refractivity contribution is -0.305. The third kappa shape index (κ3) is 7.12.